The van der Waals surface area contributed by atoms with Crippen LogP contribution >= 0.6 is 15.9 Å². The van der Waals surface area contributed by atoms with Gasteiger partial charge in [-0.05, 0) is 43.0 Å². The molecule has 1 fully saturated rings. The average Bonchev–Trinajstić information content (AvgIpc) is 2.55. The van der Waals surface area contributed by atoms with Crippen LogP contribution in [0.25, 0.3) is 0 Å². The first-order valence-corrected chi connectivity index (χ1v) is 10.0. The summed E-state index contributed by atoms with van der Waals surface area (Å²) in [5.74, 6) is -0.131. The van der Waals surface area contributed by atoms with E-state index in [1.165, 1.54) is 24.3 Å². The summed E-state index contributed by atoms with van der Waals surface area (Å²) in [6, 6.07) is 5.37. The molecule has 0 spiro atoms. The van der Waals surface area contributed by atoms with E-state index in [2.05, 4.69) is 26.0 Å². The number of nitrogens with zero attached hydrogens (tertiary/aromatic N) is 1. The lowest BCUT2D eigenvalue weighted by Crippen LogP contribution is -2.43. The number of rotatable bonds is 5. The van der Waals surface area contributed by atoms with E-state index in [4.69, 9.17) is 0 Å². The van der Waals surface area contributed by atoms with Gasteiger partial charge in [-0.3, -0.25) is 0 Å². The highest BCUT2D eigenvalue weighted by Gasteiger charge is 2.23. The van der Waals surface area contributed by atoms with Crippen molar-refractivity contribution in [3.05, 3.63) is 30.1 Å². The second kappa shape index (κ2) is 8.07. The molecule has 1 saturated heterocycles. The third-order valence-corrected chi connectivity index (χ3v) is 6.43. The number of amides is 2. The van der Waals surface area contributed by atoms with Crippen LogP contribution < -0.4 is 10.0 Å². The predicted octanol–water partition coefficient (Wildman–Crippen LogP) is 2.34. The van der Waals surface area contributed by atoms with Gasteiger partial charge >= 0.3 is 6.03 Å². The van der Waals surface area contributed by atoms with Gasteiger partial charge in [-0.2, -0.15) is 0 Å². The molecule has 2 rings (SSSR count). The van der Waals surface area contributed by atoms with Crippen molar-refractivity contribution in [2.75, 3.05) is 29.6 Å². The van der Waals surface area contributed by atoms with Crippen molar-refractivity contribution >= 4 is 37.7 Å². The minimum atomic E-state index is -3.25. The highest BCUT2D eigenvalue weighted by atomic mass is 79.9. The smallest absolute Gasteiger partial charge is 0.321 e. The van der Waals surface area contributed by atoms with Crippen molar-refractivity contribution in [1.29, 1.82) is 0 Å². The summed E-state index contributed by atoms with van der Waals surface area (Å²) in [4.78, 5) is 13.8. The molecule has 2 amide bonds. The number of benzene rings is 1. The zero-order chi connectivity index (χ0) is 16.9. The van der Waals surface area contributed by atoms with E-state index in [-0.39, 0.29) is 22.4 Å². The van der Waals surface area contributed by atoms with Gasteiger partial charge < -0.3 is 10.2 Å². The molecule has 9 heteroatoms. The second-order valence-corrected chi connectivity index (χ2v) is 8.55. The number of alkyl halides is 1. The maximum atomic E-state index is 12.8. The van der Waals surface area contributed by atoms with Gasteiger partial charge in [-0.1, -0.05) is 15.9 Å². The van der Waals surface area contributed by atoms with E-state index in [0.717, 1.165) is 12.8 Å². The van der Waals surface area contributed by atoms with Crippen molar-refractivity contribution in [1.82, 2.24) is 9.62 Å². The summed E-state index contributed by atoms with van der Waals surface area (Å²) in [5, 5.41) is 2.72. The lowest BCUT2D eigenvalue weighted by Gasteiger charge is -2.32. The molecule has 0 radical (unpaired) electrons. The molecule has 0 bridgehead atoms. The molecule has 0 unspecified atom stereocenters. The van der Waals surface area contributed by atoms with Crippen LogP contribution in [-0.2, 0) is 10.0 Å². The standard InChI is InChI=1S/C14H19BrFN3O3S/c15-10-23(21,22)17-9-11-5-7-19(8-6-11)14(20)18-13-3-1-12(16)2-4-13/h1-4,11,17H,5-10H2,(H,18,20). The maximum Gasteiger partial charge on any atom is 0.321 e. The minimum Gasteiger partial charge on any atom is -0.325 e. The molecule has 1 aliphatic rings. The van der Waals surface area contributed by atoms with Crippen molar-refractivity contribution in [2.45, 2.75) is 12.8 Å². The fourth-order valence-corrected chi connectivity index (χ4v) is 3.41. The summed E-state index contributed by atoms with van der Waals surface area (Å²) >= 11 is 2.93. The molecule has 1 aromatic carbocycles. The Morgan fingerprint density at radius 1 is 1.26 bits per heavy atom. The Kier molecular flexibility index (Phi) is 6.37. The normalized spacial score (nSPS) is 16.3. The molecule has 23 heavy (non-hydrogen) atoms. The van der Waals surface area contributed by atoms with Crippen LogP contribution in [0.5, 0.6) is 0 Å². The van der Waals surface area contributed by atoms with Crippen molar-refractivity contribution < 1.29 is 17.6 Å². The van der Waals surface area contributed by atoms with Gasteiger partial charge in [-0.25, -0.2) is 22.3 Å². The number of piperidine rings is 1. The molecular formula is C14H19BrFN3O3S. The first-order chi connectivity index (χ1) is 10.9. The number of carbonyl (C=O) groups excluding carboxylic acids is 1. The fourth-order valence-electron chi connectivity index (χ4n) is 2.36. The number of halogens is 2. The first kappa shape index (κ1) is 18.2. The van der Waals surface area contributed by atoms with Gasteiger partial charge in [0.25, 0.3) is 0 Å². The highest BCUT2D eigenvalue weighted by molar-refractivity contribution is 9.10. The fraction of sp³-hybridized carbons (Fsp3) is 0.500. The van der Waals surface area contributed by atoms with Gasteiger partial charge in [0, 0.05) is 25.3 Å². The molecule has 2 N–H and O–H groups in total. The van der Waals surface area contributed by atoms with E-state index in [0.29, 0.717) is 25.3 Å². The Labute approximate surface area is 143 Å². The summed E-state index contributed by atoms with van der Waals surface area (Å²) in [5.41, 5.74) is 0.545. The van der Waals surface area contributed by atoms with Crippen LogP contribution in [0.2, 0.25) is 0 Å². The molecule has 1 aromatic rings. The third-order valence-electron chi connectivity index (χ3n) is 3.73. The van der Waals surface area contributed by atoms with E-state index < -0.39 is 10.0 Å². The predicted molar refractivity (Wildman–Crippen MR) is 90.4 cm³/mol. The molecule has 0 aromatic heterocycles. The Balaban J connectivity index is 1.77. The highest BCUT2D eigenvalue weighted by Crippen LogP contribution is 2.18. The first-order valence-electron chi connectivity index (χ1n) is 7.24. The molecule has 0 aliphatic carbocycles. The summed E-state index contributed by atoms with van der Waals surface area (Å²) in [6.07, 6.45) is 1.48. The van der Waals surface area contributed by atoms with Crippen molar-refractivity contribution in [3.63, 3.8) is 0 Å². The summed E-state index contributed by atoms with van der Waals surface area (Å²) in [6.45, 7) is 1.52. The minimum absolute atomic E-state index is 0.112. The zero-order valence-electron chi connectivity index (χ0n) is 12.5. The number of carbonyl (C=O) groups is 1. The number of likely N-dealkylation sites (tertiary alicyclic amines) is 1. The Hall–Kier alpha value is -1.19. The number of sulfonamides is 1. The van der Waals surface area contributed by atoms with Crippen LogP contribution in [0.1, 0.15) is 12.8 Å². The van der Waals surface area contributed by atoms with Crippen LogP contribution in [0.15, 0.2) is 24.3 Å². The summed E-state index contributed by atoms with van der Waals surface area (Å²) < 4.78 is 38.0. The number of nitrogens with one attached hydrogen (secondary N) is 2. The van der Waals surface area contributed by atoms with Crippen LogP contribution in [0.3, 0.4) is 0 Å². The number of urea groups is 1. The monoisotopic (exact) mass is 407 g/mol. The van der Waals surface area contributed by atoms with Crippen molar-refractivity contribution in [3.8, 4) is 0 Å². The number of anilines is 1. The quantitative estimate of drug-likeness (QED) is 0.735. The Bertz CT molecular complexity index is 631. The van der Waals surface area contributed by atoms with E-state index >= 15 is 0 Å². The second-order valence-electron chi connectivity index (χ2n) is 5.44. The molecule has 128 valence electrons. The lowest BCUT2D eigenvalue weighted by molar-refractivity contribution is 0.183. The Morgan fingerprint density at radius 3 is 2.43 bits per heavy atom. The van der Waals surface area contributed by atoms with E-state index in [1.54, 1.807) is 4.90 Å². The van der Waals surface area contributed by atoms with Gasteiger partial charge in [-0.15, -0.1) is 0 Å². The maximum absolute atomic E-state index is 12.8. The van der Waals surface area contributed by atoms with E-state index in [1.807, 2.05) is 0 Å². The average molecular weight is 408 g/mol. The van der Waals surface area contributed by atoms with E-state index in [9.17, 15) is 17.6 Å². The van der Waals surface area contributed by atoms with Crippen LogP contribution in [0, 0.1) is 11.7 Å². The Morgan fingerprint density at radius 2 is 1.87 bits per heavy atom. The molecular weight excluding hydrogens is 389 g/mol. The largest absolute Gasteiger partial charge is 0.325 e. The van der Waals surface area contributed by atoms with Crippen LogP contribution in [0.4, 0.5) is 14.9 Å². The summed E-state index contributed by atoms with van der Waals surface area (Å²) in [7, 11) is -3.25. The topological polar surface area (TPSA) is 78.5 Å². The van der Waals surface area contributed by atoms with Gasteiger partial charge in [0.2, 0.25) is 10.0 Å². The van der Waals surface area contributed by atoms with Gasteiger partial charge in [0.15, 0.2) is 0 Å². The van der Waals surface area contributed by atoms with Gasteiger partial charge in [0.05, 0.1) is 0 Å². The SMILES string of the molecule is O=C(Nc1ccc(F)cc1)N1CCC(CNS(=O)(=O)CBr)CC1. The van der Waals surface area contributed by atoms with Gasteiger partial charge in [0.1, 0.15) is 10.5 Å². The number of hydrogen-bond acceptors (Lipinski definition) is 3. The molecule has 0 saturated carbocycles. The molecule has 6 nitrogen and oxygen atoms in total. The van der Waals surface area contributed by atoms with Crippen molar-refractivity contribution in [2.24, 2.45) is 5.92 Å². The molecule has 1 heterocycles. The lowest BCUT2D eigenvalue weighted by atomic mass is 9.97. The third kappa shape index (κ3) is 5.74. The molecule has 1 aliphatic heterocycles. The molecule has 0 atom stereocenters. The zero-order valence-corrected chi connectivity index (χ0v) is 14.9. The number of hydrogen-bond donors (Lipinski definition) is 2. The van der Waals surface area contributed by atoms with Crippen LogP contribution in [-0.4, -0.2) is 43.6 Å².